The smallest absolute Gasteiger partial charge is 0.120 e. The van der Waals surface area contributed by atoms with E-state index in [-0.39, 0.29) is 0 Å². The molecule has 0 spiro atoms. The van der Waals surface area contributed by atoms with E-state index in [2.05, 4.69) is 12.2 Å². The van der Waals surface area contributed by atoms with Crippen molar-refractivity contribution in [3.63, 3.8) is 0 Å². The molecule has 0 aromatic heterocycles. The van der Waals surface area contributed by atoms with Gasteiger partial charge in [0.15, 0.2) is 0 Å². The summed E-state index contributed by atoms with van der Waals surface area (Å²) >= 11 is 0. The molecule has 0 saturated heterocycles. The predicted molar refractivity (Wildman–Crippen MR) is 48.3 cm³/mol. The topological polar surface area (TPSA) is 32.3 Å². The number of hydrogen-bond donors (Lipinski definition) is 2. The molecule has 0 fully saturated rings. The monoisotopic (exact) mass is 163 g/mol. The predicted octanol–water partition coefficient (Wildman–Crippen LogP) is 1.35. The first-order chi connectivity index (χ1) is 5.79. The number of phenols is 1. The van der Waals surface area contributed by atoms with Crippen LogP contribution in [0.4, 0.5) is 0 Å². The Morgan fingerprint density at radius 3 is 2.92 bits per heavy atom. The molecule has 0 radical (unpaired) electrons. The number of aromatic hydroxyl groups is 1. The second-order valence-electron chi connectivity index (χ2n) is 3.29. The van der Waals surface area contributed by atoms with Crippen LogP contribution in [0, 0.1) is 6.92 Å². The van der Waals surface area contributed by atoms with Crippen LogP contribution >= 0.6 is 0 Å². The van der Waals surface area contributed by atoms with E-state index in [0.29, 0.717) is 5.75 Å². The van der Waals surface area contributed by atoms with Gasteiger partial charge < -0.3 is 10.4 Å². The molecule has 1 heterocycles. The molecule has 2 N–H and O–H groups in total. The maximum absolute atomic E-state index is 9.54. The lowest BCUT2D eigenvalue weighted by Crippen LogP contribution is -2.24. The maximum atomic E-state index is 9.54. The zero-order valence-corrected chi connectivity index (χ0v) is 7.22. The van der Waals surface area contributed by atoms with Crippen LogP contribution in [0.5, 0.6) is 5.75 Å². The molecule has 1 aliphatic heterocycles. The van der Waals surface area contributed by atoms with Crippen LogP contribution in [-0.4, -0.2) is 11.7 Å². The van der Waals surface area contributed by atoms with Crippen LogP contribution in [0.2, 0.25) is 0 Å². The second kappa shape index (κ2) is 2.79. The van der Waals surface area contributed by atoms with Gasteiger partial charge in [0.2, 0.25) is 0 Å². The highest BCUT2D eigenvalue weighted by Gasteiger charge is 2.13. The van der Waals surface area contributed by atoms with Gasteiger partial charge in [0, 0.05) is 12.1 Å². The minimum absolute atomic E-state index is 0.433. The summed E-state index contributed by atoms with van der Waals surface area (Å²) in [6.07, 6.45) is 1.04. The molecule has 0 amide bonds. The van der Waals surface area contributed by atoms with Crippen molar-refractivity contribution in [2.75, 3.05) is 6.54 Å². The van der Waals surface area contributed by atoms with Gasteiger partial charge in [0.25, 0.3) is 0 Å². The van der Waals surface area contributed by atoms with Crippen molar-refractivity contribution < 1.29 is 5.11 Å². The van der Waals surface area contributed by atoms with Crippen molar-refractivity contribution in [2.24, 2.45) is 0 Å². The van der Waals surface area contributed by atoms with Crippen molar-refractivity contribution >= 4 is 0 Å². The van der Waals surface area contributed by atoms with Gasteiger partial charge in [-0.25, -0.2) is 0 Å². The molecular formula is C10H13NO. The van der Waals surface area contributed by atoms with Crippen LogP contribution in [0.25, 0.3) is 0 Å². The van der Waals surface area contributed by atoms with Gasteiger partial charge in [-0.2, -0.15) is 0 Å². The molecule has 12 heavy (non-hydrogen) atoms. The van der Waals surface area contributed by atoms with E-state index in [0.717, 1.165) is 25.1 Å². The van der Waals surface area contributed by atoms with Gasteiger partial charge >= 0.3 is 0 Å². The molecule has 0 aliphatic carbocycles. The van der Waals surface area contributed by atoms with E-state index in [1.54, 1.807) is 6.07 Å². The van der Waals surface area contributed by atoms with E-state index < -0.39 is 0 Å². The molecule has 0 bridgehead atoms. The summed E-state index contributed by atoms with van der Waals surface area (Å²) in [6, 6.07) is 3.76. The van der Waals surface area contributed by atoms with E-state index in [1.807, 2.05) is 6.07 Å². The number of fused-ring (bicyclic) bond motifs is 1. The lowest BCUT2D eigenvalue weighted by Gasteiger charge is -2.19. The molecule has 1 aliphatic rings. The minimum Gasteiger partial charge on any atom is -0.508 e. The summed E-state index contributed by atoms with van der Waals surface area (Å²) in [5.41, 5.74) is 3.71. The molecule has 0 unspecified atom stereocenters. The molecule has 1 aromatic carbocycles. The average molecular weight is 163 g/mol. The molecule has 0 saturated carbocycles. The molecule has 2 nitrogen and oxygen atoms in total. The Morgan fingerprint density at radius 2 is 2.17 bits per heavy atom. The molecule has 0 atom stereocenters. The summed E-state index contributed by atoms with van der Waals surface area (Å²) in [6.45, 7) is 3.93. The van der Waals surface area contributed by atoms with E-state index >= 15 is 0 Å². The second-order valence-corrected chi connectivity index (χ2v) is 3.29. The van der Waals surface area contributed by atoms with E-state index in [1.165, 1.54) is 11.1 Å². The zero-order chi connectivity index (χ0) is 8.55. The SMILES string of the molecule is Cc1ccc(O)c2c1CCNC2. The number of aryl methyl sites for hydroxylation is 1. The van der Waals surface area contributed by atoms with Crippen LogP contribution in [0.3, 0.4) is 0 Å². The molecular weight excluding hydrogens is 150 g/mol. The van der Waals surface area contributed by atoms with Crippen molar-refractivity contribution in [3.05, 3.63) is 28.8 Å². The Balaban J connectivity index is 2.57. The number of phenolic OH excluding ortho intramolecular Hbond substituents is 1. The van der Waals surface area contributed by atoms with Gasteiger partial charge in [-0.3, -0.25) is 0 Å². The first kappa shape index (κ1) is 7.62. The average Bonchev–Trinajstić information content (AvgIpc) is 2.12. The molecule has 64 valence electrons. The highest BCUT2D eigenvalue weighted by Crippen LogP contribution is 2.26. The van der Waals surface area contributed by atoms with Gasteiger partial charge in [0.1, 0.15) is 5.75 Å². The van der Waals surface area contributed by atoms with Crippen LogP contribution in [0.15, 0.2) is 12.1 Å². The van der Waals surface area contributed by atoms with Gasteiger partial charge in [-0.1, -0.05) is 6.07 Å². The quantitative estimate of drug-likeness (QED) is 0.605. The summed E-state index contributed by atoms with van der Waals surface area (Å²) in [4.78, 5) is 0. The van der Waals surface area contributed by atoms with Crippen molar-refractivity contribution in [3.8, 4) is 5.75 Å². The largest absolute Gasteiger partial charge is 0.508 e. The van der Waals surface area contributed by atoms with Crippen LogP contribution in [-0.2, 0) is 13.0 Å². The fraction of sp³-hybridized carbons (Fsp3) is 0.400. The van der Waals surface area contributed by atoms with Crippen LogP contribution < -0.4 is 5.32 Å². The summed E-state index contributed by atoms with van der Waals surface area (Å²) in [5, 5.41) is 12.8. The van der Waals surface area contributed by atoms with E-state index in [9.17, 15) is 5.11 Å². The normalized spacial score (nSPS) is 15.8. The van der Waals surface area contributed by atoms with Crippen molar-refractivity contribution in [1.82, 2.24) is 5.32 Å². The number of benzene rings is 1. The van der Waals surface area contributed by atoms with Gasteiger partial charge in [0.05, 0.1) is 0 Å². The Labute approximate surface area is 72.2 Å². The fourth-order valence-corrected chi connectivity index (χ4v) is 1.77. The first-order valence-corrected chi connectivity index (χ1v) is 4.30. The van der Waals surface area contributed by atoms with Crippen molar-refractivity contribution in [2.45, 2.75) is 19.9 Å². The Morgan fingerprint density at radius 1 is 1.33 bits per heavy atom. The summed E-state index contributed by atoms with van der Waals surface area (Å²) < 4.78 is 0. The van der Waals surface area contributed by atoms with E-state index in [4.69, 9.17) is 0 Å². The lowest BCUT2D eigenvalue weighted by molar-refractivity contribution is 0.458. The third-order valence-electron chi connectivity index (χ3n) is 2.49. The minimum atomic E-state index is 0.433. The Kier molecular flexibility index (Phi) is 1.77. The fourth-order valence-electron chi connectivity index (χ4n) is 1.77. The van der Waals surface area contributed by atoms with Gasteiger partial charge in [-0.15, -0.1) is 0 Å². The number of rotatable bonds is 0. The van der Waals surface area contributed by atoms with Crippen LogP contribution in [0.1, 0.15) is 16.7 Å². The molecule has 2 rings (SSSR count). The first-order valence-electron chi connectivity index (χ1n) is 4.30. The third kappa shape index (κ3) is 1.08. The van der Waals surface area contributed by atoms with Crippen molar-refractivity contribution in [1.29, 1.82) is 0 Å². The van der Waals surface area contributed by atoms with Gasteiger partial charge in [-0.05, 0) is 37.1 Å². The highest BCUT2D eigenvalue weighted by atomic mass is 16.3. The summed E-state index contributed by atoms with van der Waals surface area (Å²) in [5.74, 6) is 0.433. The summed E-state index contributed by atoms with van der Waals surface area (Å²) in [7, 11) is 0. The Hall–Kier alpha value is -1.02. The highest BCUT2D eigenvalue weighted by molar-refractivity contribution is 5.45. The zero-order valence-electron chi connectivity index (χ0n) is 7.22. The Bertz CT molecular complexity index is 276. The number of nitrogens with one attached hydrogen (secondary N) is 1. The number of hydrogen-bond acceptors (Lipinski definition) is 2. The lowest BCUT2D eigenvalue weighted by atomic mass is 9.95. The maximum Gasteiger partial charge on any atom is 0.120 e. The molecule has 2 heteroatoms. The molecule has 1 aromatic rings. The standard InChI is InChI=1S/C10H13NO/c1-7-2-3-10(12)9-6-11-5-4-8(7)9/h2-3,11-12H,4-6H2,1H3. The third-order valence-corrected chi connectivity index (χ3v) is 2.49.